The van der Waals surface area contributed by atoms with Gasteiger partial charge in [0.05, 0.1) is 17.9 Å². The number of morpholine rings is 1. The third-order valence-electron chi connectivity index (χ3n) is 4.83. The van der Waals surface area contributed by atoms with E-state index in [9.17, 15) is 10.1 Å². The summed E-state index contributed by atoms with van der Waals surface area (Å²) in [7, 11) is 0. The Balaban J connectivity index is 1.56. The number of carbonyl (C=O) groups is 1. The average Bonchev–Trinajstić information content (AvgIpc) is 3.44. The van der Waals surface area contributed by atoms with Gasteiger partial charge in [0.1, 0.15) is 23.9 Å². The van der Waals surface area contributed by atoms with Crippen LogP contribution in [0.15, 0.2) is 42.6 Å². The number of hydrogen-bond acceptors (Lipinski definition) is 6. The fourth-order valence-corrected chi connectivity index (χ4v) is 3.22. The van der Waals surface area contributed by atoms with E-state index in [2.05, 4.69) is 9.88 Å². The Morgan fingerprint density at radius 1 is 1.35 bits per heavy atom. The normalized spacial score (nSPS) is 17.6. The first kappa shape index (κ1) is 16.6. The highest BCUT2D eigenvalue weighted by Gasteiger charge is 2.47. The molecule has 1 aromatic carbocycles. The number of pyridine rings is 1. The van der Waals surface area contributed by atoms with E-state index in [1.54, 1.807) is 6.07 Å². The molecular formula is C20H19N3O3. The fourth-order valence-electron chi connectivity index (χ4n) is 3.22. The SMILES string of the molecule is N#Cc1cc(N2CCOC3(CC3)C2)c(C(=O)OCc2ccccc2)cn1. The van der Waals surface area contributed by atoms with Crippen LogP contribution < -0.4 is 4.90 Å². The number of ether oxygens (including phenoxy) is 2. The highest BCUT2D eigenvalue weighted by atomic mass is 16.5. The number of nitrogens with zero attached hydrogens (tertiary/aromatic N) is 3. The van der Waals surface area contributed by atoms with Crippen LogP contribution in [0.25, 0.3) is 0 Å². The maximum absolute atomic E-state index is 12.7. The Kier molecular flexibility index (Phi) is 4.31. The molecule has 0 amide bonds. The summed E-state index contributed by atoms with van der Waals surface area (Å²) in [6.07, 6.45) is 3.51. The number of carbonyl (C=O) groups excluding carboxylic acids is 1. The number of anilines is 1. The molecule has 4 rings (SSSR count). The van der Waals surface area contributed by atoms with Crippen LogP contribution in [0, 0.1) is 11.3 Å². The molecule has 0 bridgehead atoms. The van der Waals surface area contributed by atoms with Crippen molar-refractivity contribution in [2.45, 2.75) is 25.0 Å². The van der Waals surface area contributed by atoms with E-state index >= 15 is 0 Å². The Morgan fingerprint density at radius 3 is 2.88 bits per heavy atom. The van der Waals surface area contributed by atoms with Gasteiger partial charge in [-0.15, -0.1) is 0 Å². The van der Waals surface area contributed by atoms with E-state index in [1.807, 2.05) is 36.4 Å². The molecule has 1 aromatic heterocycles. The molecule has 6 heteroatoms. The summed E-state index contributed by atoms with van der Waals surface area (Å²) in [6.45, 7) is 2.21. The van der Waals surface area contributed by atoms with E-state index in [0.717, 1.165) is 24.9 Å². The van der Waals surface area contributed by atoms with Gasteiger partial charge in [-0.3, -0.25) is 0 Å². The third kappa shape index (κ3) is 3.39. The molecule has 26 heavy (non-hydrogen) atoms. The molecule has 2 aliphatic rings. The molecule has 1 aliphatic carbocycles. The molecule has 0 radical (unpaired) electrons. The molecule has 1 aliphatic heterocycles. The van der Waals surface area contributed by atoms with E-state index in [4.69, 9.17) is 9.47 Å². The minimum Gasteiger partial charge on any atom is -0.457 e. The van der Waals surface area contributed by atoms with E-state index in [0.29, 0.717) is 24.4 Å². The number of rotatable bonds is 4. The van der Waals surface area contributed by atoms with Crippen LogP contribution in [0.5, 0.6) is 0 Å². The molecule has 1 saturated heterocycles. The van der Waals surface area contributed by atoms with E-state index in [-0.39, 0.29) is 17.9 Å². The fraction of sp³-hybridized carbons (Fsp3) is 0.350. The molecule has 2 aromatic rings. The molecule has 2 heterocycles. The van der Waals surface area contributed by atoms with Crippen molar-refractivity contribution in [2.75, 3.05) is 24.6 Å². The van der Waals surface area contributed by atoms with Crippen LogP contribution in [0.1, 0.15) is 34.5 Å². The standard InChI is InChI=1S/C20H19N3O3/c21-11-16-10-18(23-8-9-26-20(14-23)6-7-20)17(12-22-16)19(24)25-13-15-4-2-1-3-5-15/h1-5,10,12H,6-9,13-14H2. The zero-order valence-electron chi connectivity index (χ0n) is 14.4. The van der Waals surface area contributed by atoms with Gasteiger partial charge in [-0.05, 0) is 24.5 Å². The first-order chi connectivity index (χ1) is 12.7. The lowest BCUT2D eigenvalue weighted by molar-refractivity contribution is 0.0203. The molecule has 0 N–H and O–H groups in total. The Hall–Kier alpha value is -2.91. The van der Waals surface area contributed by atoms with Gasteiger partial charge in [-0.2, -0.15) is 5.26 Å². The third-order valence-corrected chi connectivity index (χ3v) is 4.83. The van der Waals surface area contributed by atoms with Crippen molar-refractivity contribution in [2.24, 2.45) is 0 Å². The number of nitriles is 1. The van der Waals surface area contributed by atoms with Crippen molar-refractivity contribution in [3.05, 3.63) is 59.4 Å². The summed E-state index contributed by atoms with van der Waals surface area (Å²) in [5, 5.41) is 9.19. The number of esters is 1. The van der Waals surface area contributed by atoms with Gasteiger partial charge in [0.25, 0.3) is 0 Å². The highest BCUT2D eigenvalue weighted by Crippen LogP contribution is 2.43. The zero-order valence-corrected chi connectivity index (χ0v) is 14.4. The summed E-state index contributed by atoms with van der Waals surface area (Å²) < 4.78 is 11.3. The number of benzene rings is 1. The predicted molar refractivity (Wildman–Crippen MR) is 94.6 cm³/mol. The van der Waals surface area contributed by atoms with Crippen molar-refractivity contribution >= 4 is 11.7 Å². The van der Waals surface area contributed by atoms with Crippen LogP contribution in [0.4, 0.5) is 5.69 Å². The molecule has 1 saturated carbocycles. The second-order valence-corrected chi connectivity index (χ2v) is 6.71. The average molecular weight is 349 g/mol. The van der Waals surface area contributed by atoms with Gasteiger partial charge >= 0.3 is 5.97 Å². The Morgan fingerprint density at radius 2 is 2.15 bits per heavy atom. The zero-order chi connectivity index (χ0) is 18.0. The smallest absolute Gasteiger partial charge is 0.342 e. The maximum atomic E-state index is 12.7. The topological polar surface area (TPSA) is 75.5 Å². The van der Waals surface area contributed by atoms with E-state index < -0.39 is 5.97 Å². The van der Waals surface area contributed by atoms with Crippen molar-refractivity contribution in [1.29, 1.82) is 5.26 Å². The Labute approximate surface area is 152 Å². The van der Waals surface area contributed by atoms with Crippen molar-refractivity contribution in [3.63, 3.8) is 0 Å². The van der Waals surface area contributed by atoms with Gasteiger partial charge in [-0.25, -0.2) is 9.78 Å². The second-order valence-electron chi connectivity index (χ2n) is 6.71. The van der Waals surface area contributed by atoms with Gasteiger partial charge in [0.15, 0.2) is 0 Å². The minimum atomic E-state index is -0.433. The first-order valence-corrected chi connectivity index (χ1v) is 8.69. The lowest BCUT2D eigenvalue weighted by Crippen LogP contribution is -2.44. The minimum absolute atomic E-state index is 0.0838. The van der Waals surface area contributed by atoms with Crippen molar-refractivity contribution < 1.29 is 14.3 Å². The number of hydrogen-bond donors (Lipinski definition) is 0. The molecule has 0 unspecified atom stereocenters. The largest absolute Gasteiger partial charge is 0.457 e. The summed E-state index contributed by atoms with van der Waals surface area (Å²) >= 11 is 0. The van der Waals surface area contributed by atoms with Crippen LogP contribution >= 0.6 is 0 Å². The second kappa shape index (κ2) is 6.77. The van der Waals surface area contributed by atoms with Gasteiger partial charge in [-0.1, -0.05) is 30.3 Å². The lowest BCUT2D eigenvalue weighted by Gasteiger charge is -2.35. The van der Waals surface area contributed by atoms with Crippen LogP contribution in [0.2, 0.25) is 0 Å². The van der Waals surface area contributed by atoms with Gasteiger partial charge in [0, 0.05) is 19.3 Å². The van der Waals surface area contributed by atoms with Crippen LogP contribution in [-0.4, -0.2) is 36.3 Å². The molecule has 6 nitrogen and oxygen atoms in total. The van der Waals surface area contributed by atoms with E-state index in [1.165, 1.54) is 6.20 Å². The molecule has 2 fully saturated rings. The predicted octanol–water partition coefficient (Wildman–Crippen LogP) is 2.68. The lowest BCUT2D eigenvalue weighted by atomic mass is 10.1. The highest BCUT2D eigenvalue weighted by molar-refractivity contribution is 5.95. The molecule has 132 valence electrons. The summed E-state index contributed by atoms with van der Waals surface area (Å²) in [4.78, 5) is 18.8. The molecule has 0 atom stereocenters. The molecular weight excluding hydrogens is 330 g/mol. The van der Waals surface area contributed by atoms with Crippen LogP contribution in [-0.2, 0) is 16.1 Å². The Bertz CT molecular complexity index is 856. The molecule has 1 spiro atoms. The van der Waals surface area contributed by atoms with Crippen molar-refractivity contribution in [1.82, 2.24) is 4.98 Å². The van der Waals surface area contributed by atoms with Crippen LogP contribution in [0.3, 0.4) is 0 Å². The summed E-state index contributed by atoms with van der Waals surface area (Å²) in [5.74, 6) is -0.433. The quantitative estimate of drug-likeness (QED) is 0.790. The number of aromatic nitrogens is 1. The van der Waals surface area contributed by atoms with Gasteiger partial charge < -0.3 is 14.4 Å². The van der Waals surface area contributed by atoms with Crippen molar-refractivity contribution in [3.8, 4) is 6.07 Å². The van der Waals surface area contributed by atoms with Gasteiger partial charge in [0.2, 0.25) is 0 Å². The summed E-state index contributed by atoms with van der Waals surface area (Å²) in [5.41, 5.74) is 2.21. The first-order valence-electron chi connectivity index (χ1n) is 8.69. The maximum Gasteiger partial charge on any atom is 0.342 e. The summed E-state index contributed by atoms with van der Waals surface area (Å²) in [6, 6.07) is 13.3. The monoisotopic (exact) mass is 349 g/mol.